The topological polar surface area (TPSA) is 102 Å². The van der Waals surface area contributed by atoms with Crippen molar-refractivity contribution < 1.29 is 22.7 Å². The third-order valence-corrected chi connectivity index (χ3v) is 9.03. The zero-order valence-electron chi connectivity index (χ0n) is 24.7. The SMILES string of the molecule is CCCCCCCCCCCC(CCC(C)Cl)NS(=O)(=O)C(C(=O)Nc1ccccc1)C(=O)c1ccc(OC)cc1. The number of ketones is 1. The monoisotopic (exact) mass is 606 g/mol. The number of ether oxygens (including phenoxy) is 1. The van der Waals surface area contributed by atoms with E-state index in [0.29, 0.717) is 30.7 Å². The highest BCUT2D eigenvalue weighted by Crippen LogP contribution is 2.20. The van der Waals surface area contributed by atoms with E-state index in [0.717, 1.165) is 19.3 Å². The summed E-state index contributed by atoms with van der Waals surface area (Å²) in [5.41, 5.74) is 0.511. The minimum atomic E-state index is -4.40. The van der Waals surface area contributed by atoms with Crippen molar-refractivity contribution in [3.8, 4) is 5.75 Å². The highest BCUT2D eigenvalue weighted by Gasteiger charge is 2.41. The lowest BCUT2D eigenvalue weighted by molar-refractivity contribution is -0.115. The molecule has 2 rings (SSSR count). The fraction of sp³-hybridized carbons (Fsp3) is 0.562. The molecule has 9 heteroatoms. The average molecular weight is 607 g/mol. The van der Waals surface area contributed by atoms with Crippen molar-refractivity contribution in [2.75, 3.05) is 12.4 Å². The Kier molecular flexibility index (Phi) is 16.0. The van der Waals surface area contributed by atoms with Crippen LogP contribution in [0.25, 0.3) is 0 Å². The lowest BCUT2D eigenvalue weighted by Crippen LogP contribution is -2.50. The zero-order valence-corrected chi connectivity index (χ0v) is 26.3. The number of nitrogens with one attached hydrogen (secondary N) is 2. The molecular weight excluding hydrogens is 560 g/mol. The van der Waals surface area contributed by atoms with E-state index in [9.17, 15) is 18.0 Å². The van der Waals surface area contributed by atoms with Crippen molar-refractivity contribution in [2.24, 2.45) is 0 Å². The number of carbonyl (C=O) groups is 2. The maximum atomic E-state index is 13.8. The molecule has 0 heterocycles. The third-order valence-electron chi connectivity index (χ3n) is 7.10. The van der Waals surface area contributed by atoms with Gasteiger partial charge in [0.25, 0.3) is 5.91 Å². The van der Waals surface area contributed by atoms with Gasteiger partial charge in [-0.1, -0.05) is 82.9 Å². The van der Waals surface area contributed by atoms with Crippen LogP contribution in [-0.4, -0.2) is 43.9 Å². The summed E-state index contributed by atoms with van der Waals surface area (Å²) in [7, 11) is -2.90. The molecule has 0 bridgehead atoms. The van der Waals surface area contributed by atoms with Crippen molar-refractivity contribution in [3.05, 3.63) is 60.2 Å². The van der Waals surface area contributed by atoms with Gasteiger partial charge < -0.3 is 10.1 Å². The van der Waals surface area contributed by atoms with Gasteiger partial charge in [-0.2, -0.15) is 0 Å². The molecule has 228 valence electrons. The number of methoxy groups -OCH3 is 1. The van der Waals surface area contributed by atoms with Gasteiger partial charge in [0, 0.05) is 22.7 Å². The van der Waals surface area contributed by atoms with E-state index in [2.05, 4.69) is 17.0 Å². The molecule has 0 aromatic heterocycles. The molecule has 0 aliphatic carbocycles. The lowest BCUT2D eigenvalue weighted by Gasteiger charge is -2.23. The summed E-state index contributed by atoms with van der Waals surface area (Å²) in [5.74, 6) is -1.19. The van der Waals surface area contributed by atoms with Crippen LogP contribution in [0.2, 0.25) is 0 Å². The molecule has 2 aromatic carbocycles. The molecule has 7 nitrogen and oxygen atoms in total. The maximum absolute atomic E-state index is 13.8. The van der Waals surface area contributed by atoms with Crippen LogP contribution in [-0.2, 0) is 14.8 Å². The van der Waals surface area contributed by atoms with Crippen LogP contribution < -0.4 is 14.8 Å². The molecule has 3 atom stereocenters. The van der Waals surface area contributed by atoms with E-state index in [-0.39, 0.29) is 10.9 Å². The third kappa shape index (κ3) is 13.0. The highest BCUT2D eigenvalue weighted by atomic mass is 35.5. The average Bonchev–Trinajstić information content (AvgIpc) is 2.95. The number of amides is 1. The summed E-state index contributed by atoms with van der Waals surface area (Å²) < 4.78 is 35.4. The standard InChI is InChI=1S/C32H47ClN2O5S/c1-4-5-6-7-8-9-10-11-13-18-28(22-19-25(2)33)35-41(38,39)31(32(37)34-27-16-14-12-15-17-27)30(36)26-20-23-29(40-3)24-21-26/h12,14-17,20-21,23-25,28,31,35H,4-11,13,18-19,22H2,1-3H3,(H,34,37). The van der Waals surface area contributed by atoms with Crippen LogP contribution in [0.5, 0.6) is 5.75 Å². The van der Waals surface area contributed by atoms with Crippen LogP contribution in [0.15, 0.2) is 54.6 Å². The molecule has 0 spiro atoms. The Morgan fingerprint density at radius 3 is 1.98 bits per heavy atom. The quantitative estimate of drug-likeness (QED) is 0.0663. The Bertz CT molecular complexity index is 1140. The van der Waals surface area contributed by atoms with Gasteiger partial charge in [-0.3, -0.25) is 9.59 Å². The number of hydrogen-bond donors (Lipinski definition) is 2. The predicted molar refractivity (Wildman–Crippen MR) is 168 cm³/mol. The summed E-state index contributed by atoms with van der Waals surface area (Å²) in [6.07, 6.45) is 12.2. The lowest BCUT2D eigenvalue weighted by atomic mass is 10.0. The number of benzene rings is 2. The highest BCUT2D eigenvalue weighted by molar-refractivity contribution is 7.91. The molecule has 1 amide bonds. The van der Waals surface area contributed by atoms with E-state index < -0.39 is 33.0 Å². The number of unbranched alkanes of at least 4 members (excludes halogenated alkanes) is 8. The Morgan fingerprint density at radius 2 is 1.41 bits per heavy atom. The van der Waals surface area contributed by atoms with Gasteiger partial charge in [0.05, 0.1) is 7.11 Å². The number of rotatable bonds is 21. The predicted octanol–water partition coefficient (Wildman–Crippen LogP) is 7.50. The van der Waals surface area contributed by atoms with Crippen LogP contribution in [0.4, 0.5) is 5.69 Å². The fourth-order valence-electron chi connectivity index (χ4n) is 4.73. The number of hydrogen-bond acceptors (Lipinski definition) is 5. The van der Waals surface area contributed by atoms with Gasteiger partial charge in [0.1, 0.15) is 5.75 Å². The minimum absolute atomic E-state index is 0.106. The molecule has 41 heavy (non-hydrogen) atoms. The fourth-order valence-corrected chi connectivity index (χ4v) is 6.45. The largest absolute Gasteiger partial charge is 0.497 e. The molecule has 0 fully saturated rings. The summed E-state index contributed by atoms with van der Waals surface area (Å²) in [6, 6.07) is 14.1. The number of Topliss-reactive ketones (excluding diaryl/α,β-unsaturated/α-hetero) is 1. The van der Waals surface area contributed by atoms with Gasteiger partial charge in [-0.15, -0.1) is 11.6 Å². The van der Waals surface area contributed by atoms with Crippen molar-refractivity contribution in [1.82, 2.24) is 4.72 Å². The summed E-state index contributed by atoms with van der Waals surface area (Å²) in [5, 5.41) is 0.520. The van der Waals surface area contributed by atoms with Crippen molar-refractivity contribution in [3.63, 3.8) is 0 Å². The van der Waals surface area contributed by atoms with Crippen molar-refractivity contribution in [2.45, 2.75) is 108 Å². The summed E-state index contributed by atoms with van der Waals surface area (Å²) >= 11 is 6.20. The second kappa shape index (κ2) is 18.9. The van der Waals surface area contributed by atoms with E-state index in [1.165, 1.54) is 57.8 Å². The second-order valence-corrected chi connectivity index (χ2v) is 13.2. The second-order valence-electron chi connectivity index (χ2n) is 10.7. The molecule has 0 aliphatic heterocycles. The van der Waals surface area contributed by atoms with E-state index in [1.54, 1.807) is 42.5 Å². The number of carbonyl (C=O) groups excluding carboxylic acids is 2. The van der Waals surface area contributed by atoms with E-state index in [4.69, 9.17) is 16.3 Å². The molecule has 0 radical (unpaired) electrons. The van der Waals surface area contributed by atoms with Gasteiger partial charge in [0.15, 0.2) is 5.78 Å². The minimum Gasteiger partial charge on any atom is -0.497 e. The van der Waals surface area contributed by atoms with E-state index >= 15 is 0 Å². The molecule has 0 saturated carbocycles. The normalized spacial score (nSPS) is 13.8. The first-order valence-electron chi connectivity index (χ1n) is 14.9. The van der Waals surface area contributed by atoms with Crippen LogP contribution in [0.1, 0.15) is 101 Å². The summed E-state index contributed by atoms with van der Waals surface area (Å²) in [6.45, 7) is 4.08. The number of alkyl halides is 1. The Balaban J connectivity index is 2.17. The Morgan fingerprint density at radius 1 is 0.829 bits per heavy atom. The van der Waals surface area contributed by atoms with Crippen LogP contribution in [0, 0.1) is 0 Å². The van der Waals surface area contributed by atoms with Gasteiger partial charge in [0.2, 0.25) is 15.3 Å². The molecule has 2 N–H and O–H groups in total. The Hall–Kier alpha value is -2.42. The van der Waals surface area contributed by atoms with Gasteiger partial charge in [-0.25, -0.2) is 13.1 Å². The first-order valence-corrected chi connectivity index (χ1v) is 16.9. The van der Waals surface area contributed by atoms with Crippen molar-refractivity contribution in [1.29, 1.82) is 0 Å². The molecular formula is C32H47ClN2O5S. The van der Waals surface area contributed by atoms with E-state index in [1.807, 2.05) is 6.92 Å². The molecule has 2 aromatic rings. The first-order chi connectivity index (χ1) is 19.7. The number of anilines is 1. The molecule has 0 aliphatic rings. The Labute approximate surface area is 251 Å². The van der Waals surface area contributed by atoms with Gasteiger partial charge >= 0.3 is 0 Å². The maximum Gasteiger partial charge on any atom is 0.252 e. The smallest absolute Gasteiger partial charge is 0.252 e. The van der Waals surface area contributed by atoms with Crippen LogP contribution >= 0.6 is 11.6 Å². The molecule has 3 unspecified atom stereocenters. The zero-order chi connectivity index (χ0) is 30.1. The van der Waals surface area contributed by atoms with Crippen LogP contribution in [0.3, 0.4) is 0 Å². The molecule has 0 saturated heterocycles. The first kappa shape index (κ1) is 34.8. The number of para-hydroxylation sites is 1. The number of halogens is 1. The van der Waals surface area contributed by atoms with Crippen molar-refractivity contribution >= 4 is 39.0 Å². The number of sulfonamides is 1. The van der Waals surface area contributed by atoms with Gasteiger partial charge in [-0.05, 0) is 62.6 Å². The summed E-state index contributed by atoms with van der Waals surface area (Å²) in [4.78, 5) is 26.9.